The molecular weight excluding hydrogens is 1110 g/mol. The molecule has 1 heterocycles. The molecule has 0 saturated heterocycles. The summed E-state index contributed by atoms with van der Waals surface area (Å²) in [6, 6.07) is 35.2. The Morgan fingerprint density at radius 3 is 1.27 bits per heavy atom. The first-order valence-electron chi connectivity index (χ1n) is 31.2. The third-order valence-electron chi connectivity index (χ3n) is 15.9. The second-order valence-corrected chi connectivity index (χ2v) is 23.5. The standard InChI is InChI=1S/C71H85NO13S/c1-4-7-8-13-42-79-57-34-38-62(39-35-57)86-69-65-47-60(84-70(75)53-22-18-51(19-23-53)49-82-58-30-26-55(27-31-58)77-43-14-9-11-16-45-80-67(73)5-2)36-40-63(65)64-41-37-61(48-66(64)72-69)85-71(76)54-24-20-52(21-25-54)50-83-59-32-28-56(29-33-59)78-44-15-10-12-17-46-81-68(74)6-3/h5-6,26-41,47-48,51-54H,2-4,7-25,42-46,49-50H2,1H3/p+1. The zero-order valence-corrected chi connectivity index (χ0v) is 50.9. The number of nitrogens with one attached hydrogen (secondary N) is 1. The molecule has 458 valence electrons. The van der Waals surface area contributed by atoms with Gasteiger partial charge < -0.3 is 42.6 Å². The number of fused-ring (bicyclic) bond motifs is 3. The Morgan fingerprint density at radius 1 is 0.442 bits per heavy atom. The van der Waals surface area contributed by atoms with Gasteiger partial charge in [0.25, 0.3) is 5.03 Å². The van der Waals surface area contributed by atoms with Crippen molar-refractivity contribution in [2.75, 3.05) is 46.2 Å². The van der Waals surface area contributed by atoms with Crippen LogP contribution >= 0.6 is 11.8 Å². The molecule has 2 fully saturated rings. The molecule has 2 aliphatic carbocycles. The molecule has 0 unspecified atom stereocenters. The van der Waals surface area contributed by atoms with Crippen molar-refractivity contribution in [3.05, 3.63) is 135 Å². The highest BCUT2D eigenvalue weighted by Gasteiger charge is 2.30. The average Bonchev–Trinajstić information content (AvgIpc) is 1.13. The number of esters is 4. The minimum atomic E-state index is -0.383. The summed E-state index contributed by atoms with van der Waals surface area (Å²) in [6.45, 7) is 12.9. The number of ether oxygens (including phenoxy) is 9. The Balaban J connectivity index is 0.814. The zero-order valence-electron chi connectivity index (χ0n) is 50.1. The van der Waals surface area contributed by atoms with Crippen molar-refractivity contribution in [1.82, 2.24) is 0 Å². The average molecular weight is 1190 g/mol. The van der Waals surface area contributed by atoms with Crippen molar-refractivity contribution in [2.45, 2.75) is 145 Å². The molecule has 15 heteroatoms. The van der Waals surface area contributed by atoms with Crippen LogP contribution in [0.4, 0.5) is 0 Å². The number of hydrogen-bond donors (Lipinski definition) is 0. The molecule has 0 aliphatic heterocycles. The lowest BCUT2D eigenvalue weighted by molar-refractivity contribution is -0.392. The van der Waals surface area contributed by atoms with Gasteiger partial charge in [-0.05, 0) is 236 Å². The fraction of sp³-hybridized carbons (Fsp3) is 0.451. The molecule has 14 nitrogen and oxygen atoms in total. The van der Waals surface area contributed by atoms with Gasteiger partial charge in [0.2, 0.25) is 5.52 Å². The molecule has 0 atom stereocenters. The largest absolute Gasteiger partial charge is 0.494 e. The van der Waals surface area contributed by atoms with Crippen molar-refractivity contribution < 1.29 is 66.8 Å². The molecule has 8 rings (SSSR count). The van der Waals surface area contributed by atoms with E-state index in [0.29, 0.717) is 69.6 Å². The topological polar surface area (TPSA) is 165 Å². The fourth-order valence-electron chi connectivity index (χ4n) is 10.8. The Kier molecular flexibility index (Phi) is 26.4. The maximum Gasteiger partial charge on any atom is 0.330 e. The van der Waals surface area contributed by atoms with Gasteiger partial charge >= 0.3 is 23.9 Å². The third-order valence-corrected chi connectivity index (χ3v) is 17.0. The van der Waals surface area contributed by atoms with Crippen LogP contribution in [0.15, 0.2) is 144 Å². The number of benzene rings is 5. The van der Waals surface area contributed by atoms with E-state index in [9.17, 15) is 19.2 Å². The van der Waals surface area contributed by atoms with E-state index in [1.165, 1.54) is 25.0 Å². The number of H-pyrrole nitrogens is 1. The number of carbonyl (C=O) groups excluding carboxylic acids is 4. The Labute approximate surface area is 511 Å². The van der Waals surface area contributed by atoms with E-state index < -0.39 is 0 Å². The van der Waals surface area contributed by atoms with Gasteiger partial charge in [-0.25, -0.2) is 9.59 Å². The van der Waals surface area contributed by atoms with Crippen LogP contribution in [-0.2, 0) is 28.7 Å². The number of rotatable bonds is 36. The fourth-order valence-corrected chi connectivity index (χ4v) is 11.8. The molecule has 0 amide bonds. The summed E-state index contributed by atoms with van der Waals surface area (Å²) >= 11 is 1.58. The summed E-state index contributed by atoms with van der Waals surface area (Å²) in [5, 5.41) is 3.67. The smallest absolute Gasteiger partial charge is 0.330 e. The second-order valence-electron chi connectivity index (χ2n) is 22.5. The van der Waals surface area contributed by atoms with E-state index in [-0.39, 0.29) is 35.7 Å². The summed E-state index contributed by atoms with van der Waals surface area (Å²) in [5.74, 6) is 4.03. The molecule has 2 saturated carbocycles. The van der Waals surface area contributed by atoms with Gasteiger partial charge in [-0.1, -0.05) is 39.3 Å². The lowest BCUT2D eigenvalue weighted by atomic mass is 9.82. The van der Waals surface area contributed by atoms with E-state index in [4.69, 9.17) is 42.6 Å². The molecule has 0 radical (unpaired) electrons. The van der Waals surface area contributed by atoms with Crippen LogP contribution in [0.5, 0.6) is 40.2 Å². The van der Waals surface area contributed by atoms with Gasteiger partial charge in [0.1, 0.15) is 40.2 Å². The van der Waals surface area contributed by atoms with Crippen molar-refractivity contribution in [3.8, 4) is 40.2 Å². The molecule has 1 aromatic heterocycles. The van der Waals surface area contributed by atoms with Crippen LogP contribution in [0, 0.1) is 23.7 Å². The second kappa shape index (κ2) is 35.2. The molecule has 86 heavy (non-hydrogen) atoms. The van der Waals surface area contributed by atoms with Crippen molar-refractivity contribution >= 4 is 57.3 Å². The van der Waals surface area contributed by atoms with Crippen LogP contribution in [0.1, 0.15) is 135 Å². The van der Waals surface area contributed by atoms with Gasteiger partial charge in [0.15, 0.2) is 0 Å². The van der Waals surface area contributed by atoms with Crippen LogP contribution in [-0.4, -0.2) is 70.1 Å². The zero-order chi connectivity index (χ0) is 60.1. The van der Waals surface area contributed by atoms with Crippen molar-refractivity contribution in [2.24, 2.45) is 23.7 Å². The highest BCUT2D eigenvalue weighted by Crippen LogP contribution is 2.39. The van der Waals surface area contributed by atoms with Gasteiger partial charge in [-0.2, -0.15) is 4.98 Å². The predicted molar refractivity (Wildman–Crippen MR) is 334 cm³/mol. The highest BCUT2D eigenvalue weighted by atomic mass is 32.2. The Bertz CT molecular complexity index is 3090. The molecular formula is C71H86NO13S+. The number of aromatic amines is 1. The van der Waals surface area contributed by atoms with E-state index in [1.807, 2.05) is 97.1 Å². The summed E-state index contributed by atoms with van der Waals surface area (Å²) in [7, 11) is 0. The van der Waals surface area contributed by atoms with Crippen LogP contribution in [0.2, 0.25) is 0 Å². The molecule has 6 aromatic rings. The van der Waals surface area contributed by atoms with E-state index in [1.54, 1.807) is 11.8 Å². The monoisotopic (exact) mass is 1190 g/mol. The van der Waals surface area contributed by atoms with Gasteiger partial charge in [-0.3, -0.25) is 9.59 Å². The quantitative estimate of drug-likeness (QED) is 0.0120. The van der Waals surface area contributed by atoms with Gasteiger partial charge in [-0.15, -0.1) is 0 Å². The molecule has 1 N–H and O–H groups in total. The van der Waals surface area contributed by atoms with Crippen LogP contribution in [0.25, 0.3) is 21.7 Å². The Morgan fingerprint density at radius 2 is 0.826 bits per heavy atom. The summed E-state index contributed by atoms with van der Waals surface area (Å²) in [6.07, 6.45) is 20.7. The molecule has 0 bridgehead atoms. The number of pyridine rings is 1. The SMILES string of the molecule is C=CC(=O)OCCCCCCOc1ccc(OCC2CCC(C(=O)Oc3ccc4c(c3)[nH+]c(Sc3ccc(OCCCCCC)cc3)c3cc(OC(=O)C5CCC(COc6ccc(OCCCCCCOC(=O)C=C)cc6)CC5)ccc34)CC2)cc1. The first kappa shape index (κ1) is 64.5. The van der Waals surface area contributed by atoms with E-state index in [0.717, 1.165) is 176 Å². The van der Waals surface area contributed by atoms with Crippen molar-refractivity contribution in [3.63, 3.8) is 0 Å². The normalized spacial score (nSPS) is 16.6. The Hall–Kier alpha value is -7.52. The number of hydrogen-bond acceptors (Lipinski definition) is 14. The molecule has 5 aromatic carbocycles. The van der Waals surface area contributed by atoms with E-state index >= 15 is 0 Å². The maximum atomic E-state index is 13.8. The van der Waals surface area contributed by atoms with Crippen LogP contribution in [0.3, 0.4) is 0 Å². The highest BCUT2D eigenvalue weighted by molar-refractivity contribution is 7.99. The summed E-state index contributed by atoms with van der Waals surface area (Å²) in [4.78, 5) is 54.5. The molecule has 0 spiro atoms. The minimum absolute atomic E-state index is 0.201. The minimum Gasteiger partial charge on any atom is -0.494 e. The van der Waals surface area contributed by atoms with E-state index in [2.05, 4.69) is 37.2 Å². The molecule has 2 aliphatic rings. The predicted octanol–water partition coefficient (Wildman–Crippen LogP) is 15.8. The maximum absolute atomic E-state index is 13.8. The lowest BCUT2D eigenvalue weighted by Crippen LogP contribution is -2.27. The lowest BCUT2D eigenvalue weighted by Gasteiger charge is -2.27. The first-order chi connectivity index (χ1) is 42.1. The summed E-state index contributed by atoms with van der Waals surface area (Å²) < 4.78 is 52.6. The number of aromatic nitrogens is 1. The van der Waals surface area contributed by atoms with Gasteiger partial charge in [0.05, 0.1) is 74.9 Å². The number of carbonyl (C=O) groups is 4. The number of unbranched alkanes of at least 4 members (excludes halogenated alkanes) is 9. The first-order valence-corrected chi connectivity index (χ1v) is 32.0. The van der Waals surface area contributed by atoms with Crippen molar-refractivity contribution in [1.29, 1.82) is 0 Å². The van der Waals surface area contributed by atoms with Crippen LogP contribution < -0.4 is 38.1 Å². The third kappa shape index (κ3) is 21.2. The van der Waals surface area contributed by atoms with Gasteiger partial charge in [0, 0.05) is 22.4 Å². The summed E-state index contributed by atoms with van der Waals surface area (Å²) in [5.41, 5.74) is 0.813.